The van der Waals surface area contributed by atoms with Crippen LogP contribution in [0.25, 0.3) is 0 Å². The Labute approximate surface area is 53.7 Å². The number of hydrogen-bond donors (Lipinski definition) is 0. The maximum atomic E-state index is 9.32. The zero-order valence-corrected chi connectivity index (χ0v) is 4.41. The number of nitrogens with zero attached hydrogens (tertiary/aromatic N) is 6. The van der Waals surface area contributed by atoms with E-state index >= 15 is 0 Å². The van der Waals surface area contributed by atoms with Crippen LogP contribution < -0.4 is 0 Å². The zero-order valence-electron chi connectivity index (χ0n) is 4.41. The molecule has 0 aromatic rings. The molecular weight excluding hydrogens is 144 g/mol. The maximum absolute atomic E-state index is 9.32. The van der Waals surface area contributed by atoms with Gasteiger partial charge in [-0.2, -0.15) is 5.26 Å². The van der Waals surface area contributed by atoms with E-state index in [4.69, 9.17) is 5.26 Å². The Morgan fingerprint density at radius 3 is 2.80 bits per heavy atom. The molecule has 0 aromatic heterocycles. The predicted octanol–water partition coefficient (Wildman–Crippen LogP) is 0.410. The second-order valence-electron chi connectivity index (χ2n) is 0.766. The van der Waals surface area contributed by atoms with Gasteiger partial charge in [-0.1, -0.05) is 0 Å². The van der Waals surface area contributed by atoms with Crippen molar-refractivity contribution >= 4 is 0 Å². The van der Waals surface area contributed by atoms with Crippen molar-refractivity contribution < 1.29 is 10.0 Å². The quantitative estimate of drug-likeness (QED) is 0.246. The van der Waals surface area contributed by atoms with Crippen LogP contribution in [0.3, 0.4) is 0 Å². The van der Waals surface area contributed by atoms with Gasteiger partial charge in [0.25, 0.3) is 0 Å². The largest absolute Gasteiger partial charge is 0.240 e. The lowest BCUT2D eigenvalue weighted by Gasteiger charge is -1.77. The summed E-state index contributed by atoms with van der Waals surface area (Å²) in [7, 11) is 0. The van der Waals surface area contributed by atoms with Crippen LogP contribution in [-0.4, -0.2) is 5.09 Å². The highest BCUT2D eigenvalue weighted by molar-refractivity contribution is 4.56. The van der Waals surface area contributed by atoms with E-state index in [0.717, 1.165) is 0 Å². The van der Waals surface area contributed by atoms with Crippen LogP contribution >= 0.6 is 0 Å². The third kappa shape index (κ3) is 5.89. The summed E-state index contributed by atoms with van der Waals surface area (Å²) >= 11 is 0. The molecule has 0 bridgehead atoms. The molecule has 0 aliphatic carbocycles. The van der Waals surface area contributed by atoms with Gasteiger partial charge in [-0.3, -0.25) is 0 Å². The van der Waals surface area contributed by atoms with Gasteiger partial charge in [0.2, 0.25) is 11.5 Å². The molecule has 0 N–H and O–H groups in total. The van der Waals surface area contributed by atoms with E-state index in [0.29, 0.717) is 0 Å². The molecule has 10 heavy (non-hydrogen) atoms. The van der Waals surface area contributed by atoms with E-state index in [1.54, 1.807) is 0 Å². The SMILES string of the molecule is N#CN=NN=NO[N+](=O)[O-]. The molecule has 0 heterocycles. The van der Waals surface area contributed by atoms with E-state index in [1.165, 1.54) is 6.19 Å². The van der Waals surface area contributed by atoms with E-state index in [9.17, 15) is 10.1 Å². The summed E-state index contributed by atoms with van der Waals surface area (Å²) in [6.07, 6.45) is 1.23. The van der Waals surface area contributed by atoms with E-state index in [-0.39, 0.29) is 0 Å². The van der Waals surface area contributed by atoms with Crippen LogP contribution in [0.15, 0.2) is 20.8 Å². The smallest absolute Gasteiger partial charge is 0.218 e. The Hall–Kier alpha value is -2.11. The Balaban J connectivity index is 3.50. The lowest BCUT2D eigenvalue weighted by Crippen LogP contribution is -1.90. The topological polar surface area (TPSA) is 126 Å². The number of rotatable bonds is 3. The fourth-order valence-corrected chi connectivity index (χ4v) is 0.102. The van der Waals surface area contributed by atoms with Gasteiger partial charge in [0.15, 0.2) is 5.09 Å². The summed E-state index contributed by atoms with van der Waals surface area (Å²) < 4.78 is 0. The van der Waals surface area contributed by atoms with Crippen molar-refractivity contribution in [3.05, 3.63) is 10.1 Å². The first kappa shape index (κ1) is 7.89. The minimum absolute atomic E-state index is 1.19. The molecule has 9 nitrogen and oxygen atoms in total. The molecular formula is CN6O3. The average molecular weight is 144 g/mol. The van der Waals surface area contributed by atoms with Gasteiger partial charge in [0.05, 0.1) is 0 Å². The van der Waals surface area contributed by atoms with Crippen LogP contribution in [0.5, 0.6) is 0 Å². The van der Waals surface area contributed by atoms with Crippen molar-refractivity contribution in [2.45, 2.75) is 0 Å². The lowest BCUT2D eigenvalue weighted by molar-refractivity contribution is -0.762. The molecule has 0 atom stereocenters. The molecule has 0 fully saturated rings. The third-order valence-electron chi connectivity index (χ3n) is 0.269. The van der Waals surface area contributed by atoms with E-state index in [2.05, 4.69) is 25.8 Å². The van der Waals surface area contributed by atoms with Crippen LogP contribution in [0.4, 0.5) is 0 Å². The number of hydrogen-bond acceptors (Lipinski definition) is 6. The molecule has 0 saturated heterocycles. The van der Waals surface area contributed by atoms with Gasteiger partial charge in [0.1, 0.15) is 5.22 Å². The summed E-state index contributed by atoms with van der Waals surface area (Å²) in [5, 5.41) is 26.1. The second kappa shape index (κ2) is 5.04. The maximum Gasteiger partial charge on any atom is 0.240 e. The van der Waals surface area contributed by atoms with Gasteiger partial charge in [-0.25, -0.2) is 10.1 Å². The van der Waals surface area contributed by atoms with Crippen molar-refractivity contribution in [1.29, 1.82) is 5.26 Å². The van der Waals surface area contributed by atoms with E-state index in [1.807, 2.05) is 0 Å². The monoisotopic (exact) mass is 144 g/mol. The summed E-state index contributed by atoms with van der Waals surface area (Å²) in [4.78, 5) is 12.6. The molecule has 0 aliphatic heterocycles. The van der Waals surface area contributed by atoms with E-state index < -0.39 is 5.09 Å². The van der Waals surface area contributed by atoms with Crippen molar-refractivity contribution in [2.24, 2.45) is 20.8 Å². The van der Waals surface area contributed by atoms with Crippen molar-refractivity contribution in [2.75, 3.05) is 0 Å². The molecule has 0 aromatic carbocycles. The summed E-state index contributed by atoms with van der Waals surface area (Å²) in [6, 6.07) is 0. The average Bonchev–Trinajstić information content (AvgIpc) is 1.87. The first-order chi connectivity index (χ1) is 4.77. The Kier molecular flexibility index (Phi) is 3.97. The van der Waals surface area contributed by atoms with Gasteiger partial charge in [-0.15, -0.1) is 4.94 Å². The highest BCUT2D eigenvalue weighted by atomic mass is 17.0. The molecule has 0 radical (unpaired) electrons. The standard InChI is InChI=1S/CN6O3/c2-1-3-4-5-6-10-7(8)9. The van der Waals surface area contributed by atoms with Crippen molar-refractivity contribution in [3.8, 4) is 6.19 Å². The highest BCUT2D eigenvalue weighted by Gasteiger charge is 1.85. The molecule has 0 amide bonds. The molecule has 0 saturated carbocycles. The summed E-state index contributed by atoms with van der Waals surface area (Å²) in [5.74, 6) is 0. The second-order valence-corrected chi connectivity index (χ2v) is 0.766. The fraction of sp³-hybridized carbons (Fsp3) is 0. The first-order valence-corrected chi connectivity index (χ1v) is 1.78. The van der Waals surface area contributed by atoms with Crippen LogP contribution in [0, 0.1) is 21.6 Å². The van der Waals surface area contributed by atoms with Gasteiger partial charge >= 0.3 is 0 Å². The minimum atomic E-state index is -1.19. The normalized spacial score (nSPS) is 9.90. The summed E-state index contributed by atoms with van der Waals surface area (Å²) in [6.45, 7) is 0. The molecule has 0 unspecified atom stereocenters. The number of nitriles is 1. The lowest BCUT2D eigenvalue weighted by atomic mass is 11.5. The fourth-order valence-electron chi connectivity index (χ4n) is 0.102. The molecule has 0 aliphatic rings. The third-order valence-corrected chi connectivity index (χ3v) is 0.269. The molecule has 0 spiro atoms. The van der Waals surface area contributed by atoms with Crippen molar-refractivity contribution in [3.63, 3.8) is 0 Å². The van der Waals surface area contributed by atoms with Crippen LogP contribution in [0.1, 0.15) is 0 Å². The van der Waals surface area contributed by atoms with Gasteiger partial charge in [0, 0.05) is 5.22 Å². The predicted molar refractivity (Wildman–Crippen MR) is 23.4 cm³/mol. The summed E-state index contributed by atoms with van der Waals surface area (Å²) in [5.41, 5.74) is 0. The van der Waals surface area contributed by atoms with Gasteiger partial charge in [-0.05, 0) is 5.11 Å². The van der Waals surface area contributed by atoms with Crippen LogP contribution in [0.2, 0.25) is 0 Å². The highest BCUT2D eigenvalue weighted by Crippen LogP contribution is 1.80. The minimum Gasteiger partial charge on any atom is -0.218 e. The first-order valence-electron chi connectivity index (χ1n) is 1.78. The van der Waals surface area contributed by atoms with Crippen LogP contribution in [-0.2, 0) is 4.94 Å². The molecule has 52 valence electrons. The Morgan fingerprint density at radius 2 is 2.30 bits per heavy atom. The molecule has 9 heteroatoms. The van der Waals surface area contributed by atoms with Crippen molar-refractivity contribution in [1.82, 2.24) is 0 Å². The zero-order chi connectivity index (χ0) is 7.82. The Bertz CT molecular complexity index is 200. The van der Waals surface area contributed by atoms with Gasteiger partial charge < -0.3 is 0 Å². The Morgan fingerprint density at radius 1 is 1.60 bits per heavy atom. The molecule has 0 rings (SSSR count).